The lowest BCUT2D eigenvalue weighted by molar-refractivity contribution is 0.0600. The number of aromatic nitrogens is 2. The number of aryl methyl sites for hydroxylation is 1. The molecule has 0 saturated carbocycles. The number of hydrogen-bond acceptors (Lipinski definition) is 5. The lowest BCUT2D eigenvalue weighted by atomic mass is 10.1. The molecule has 0 fully saturated rings. The van der Waals surface area contributed by atoms with E-state index in [1.54, 1.807) is 48.5 Å². The van der Waals surface area contributed by atoms with Crippen molar-refractivity contribution in [2.45, 2.75) is 37.6 Å². The number of carbonyl (C=O) groups is 1. The summed E-state index contributed by atoms with van der Waals surface area (Å²) in [5.41, 5.74) is 5.29. The Labute approximate surface area is 279 Å². The third-order valence-electron chi connectivity index (χ3n) is 7.38. The van der Waals surface area contributed by atoms with Crippen LogP contribution in [0.15, 0.2) is 102 Å². The molecular weight excluding hydrogens is 641 g/mol. The van der Waals surface area contributed by atoms with Crippen LogP contribution in [-0.2, 0) is 27.7 Å². The topological polar surface area (TPSA) is 90.3 Å². The summed E-state index contributed by atoms with van der Waals surface area (Å²) >= 11 is 12.6. The van der Waals surface area contributed by atoms with E-state index < -0.39 is 16.0 Å². The predicted molar refractivity (Wildman–Crippen MR) is 186 cm³/mol. The van der Waals surface area contributed by atoms with Crippen molar-refractivity contribution in [2.75, 3.05) is 11.8 Å². The number of sulfonamides is 1. The monoisotopic (exact) mass is 673 g/mol. The van der Waals surface area contributed by atoms with Gasteiger partial charge in [0.2, 0.25) is 0 Å². The Morgan fingerprint density at radius 2 is 1.61 bits per heavy atom. The van der Waals surface area contributed by atoms with E-state index in [1.165, 1.54) is 7.11 Å². The molecule has 1 aromatic heterocycles. The van der Waals surface area contributed by atoms with Crippen LogP contribution < -0.4 is 4.72 Å². The molecule has 7 nitrogen and oxygen atoms in total. The maximum atomic E-state index is 13.0. The second kappa shape index (κ2) is 14.8. The van der Waals surface area contributed by atoms with E-state index in [1.807, 2.05) is 65.4 Å². The molecule has 0 spiro atoms. The minimum Gasteiger partial charge on any atom is -0.465 e. The Kier molecular flexibility index (Phi) is 10.6. The fourth-order valence-corrected chi connectivity index (χ4v) is 6.40. The van der Waals surface area contributed by atoms with Crippen LogP contribution in [0, 0.1) is 0 Å². The van der Waals surface area contributed by atoms with E-state index in [0.29, 0.717) is 39.4 Å². The van der Waals surface area contributed by atoms with Crippen molar-refractivity contribution in [1.82, 2.24) is 9.55 Å². The molecule has 5 aromatic rings. The summed E-state index contributed by atoms with van der Waals surface area (Å²) in [4.78, 5) is 16.9. The quantitative estimate of drug-likeness (QED) is 0.134. The summed E-state index contributed by atoms with van der Waals surface area (Å²) in [5, 5.41) is 1.02. The number of anilines is 1. The molecule has 236 valence electrons. The Balaban J connectivity index is 1.35. The molecule has 0 unspecified atom stereocenters. The first-order valence-corrected chi connectivity index (χ1v) is 17.0. The second-order valence-corrected chi connectivity index (χ2v) is 13.3. The zero-order valence-electron chi connectivity index (χ0n) is 25.4. The number of methoxy groups -OCH3 is 1. The first-order valence-electron chi connectivity index (χ1n) is 14.7. The number of nitrogens with zero attached hydrogens (tertiary/aromatic N) is 2. The minimum absolute atomic E-state index is 0.222. The Bertz CT molecular complexity index is 1950. The van der Waals surface area contributed by atoms with Gasteiger partial charge in [0.1, 0.15) is 5.82 Å². The van der Waals surface area contributed by atoms with Crippen molar-refractivity contribution in [3.05, 3.63) is 135 Å². The van der Waals surface area contributed by atoms with Gasteiger partial charge in [0.05, 0.1) is 28.3 Å². The van der Waals surface area contributed by atoms with Crippen LogP contribution in [0.5, 0.6) is 0 Å². The molecule has 0 amide bonds. The zero-order valence-corrected chi connectivity index (χ0v) is 27.7. The first-order chi connectivity index (χ1) is 22.1. The fourth-order valence-electron chi connectivity index (χ4n) is 4.84. The van der Waals surface area contributed by atoms with Crippen molar-refractivity contribution < 1.29 is 17.9 Å². The third kappa shape index (κ3) is 8.26. The van der Waals surface area contributed by atoms with Gasteiger partial charge in [-0.25, -0.2) is 18.2 Å². The van der Waals surface area contributed by atoms with Gasteiger partial charge >= 0.3 is 5.97 Å². The summed E-state index contributed by atoms with van der Waals surface area (Å²) < 4.78 is 35.4. The molecule has 0 atom stereocenters. The number of unbranched alkanes of at least 4 members (excludes halogenated alkanes) is 1. The zero-order chi connectivity index (χ0) is 32.7. The van der Waals surface area contributed by atoms with Gasteiger partial charge in [-0.2, -0.15) is 0 Å². The molecule has 0 bridgehead atoms. The van der Waals surface area contributed by atoms with E-state index in [2.05, 4.69) is 11.6 Å². The normalized spacial score (nSPS) is 11.6. The van der Waals surface area contributed by atoms with Gasteiger partial charge < -0.3 is 9.30 Å². The summed E-state index contributed by atoms with van der Waals surface area (Å²) in [6.07, 6.45) is 8.78. The van der Waals surface area contributed by atoms with Crippen LogP contribution in [-0.4, -0.2) is 31.0 Å². The molecule has 0 aliphatic carbocycles. The fraction of sp³-hybridized carbons (Fsp3) is 0.167. The highest BCUT2D eigenvalue weighted by Gasteiger charge is 2.15. The molecule has 1 heterocycles. The Hall–Kier alpha value is -4.37. The van der Waals surface area contributed by atoms with E-state index >= 15 is 0 Å². The second-order valence-electron chi connectivity index (χ2n) is 10.7. The summed E-state index contributed by atoms with van der Waals surface area (Å²) in [5.74, 6) is 0.276. The van der Waals surface area contributed by atoms with Crippen LogP contribution >= 0.6 is 23.2 Å². The van der Waals surface area contributed by atoms with Gasteiger partial charge in [-0.3, -0.25) is 4.72 Å². The van der Waals surface area contributed by atoms with Gasteiger partial charge in [-0.05, 0) is 90.2 Å². The molecule has 0 saturated heterocycles. The SMILES string of the molecule is CCCCc1ccc(S(=O)(=O)Nc2ccc(C=Cc3nc(-c4ccc(Cl)cc4Cl)cn3Cc3ccc(C(=O)OC)cc3)cc2)cc1. The van der Waals surface area contributed by atoms with Crippen LogP contribution in [0.1, 0.15) is 52.6 Å². The number of rotatable bonds is 12. The summed E-state index contributed by atoms with van der Waals surface area (Å²) in [7, 11) is -2.37. The lowest BCUT2D eigenvalue weighted by Crippen LogP contribution is -2.12. The maximum Gasteiger partial charge on any atom is 0.337 e. The lowest BCUT2D eigenvalue weighted by Gasteiger charge is -2.09. The van der Waals surface area contributed by atoms with Crippen molar-refractivity contribution in [3.63, 3.8) is 0 Å². The summed E-state index contributed by atoms with van der Waals surface area (Å²) in [6, 6.07) is 26.6. The number of halogens is 2. The minimum atomic E-state index is -3.72. The standard InChI is InChI=1S/C36H33Cl2N3O4S/c1-3-4-5-25-10-18-31(19-11-25)46(43,44)40-30-16-8-26(9-17-30)12-21-35-39-34(32-20-15-29(37)22-33(32)38)24-41(35)23-27-6-13-28(14-7-27)36(42)45-2/h6-22,24,40H,3-5,23H2,1-2H3. The number of carbonyl (C=O) groups excluding carboxylic acids is 1. The molecule has 46 heavy (non-hydrogen) atoms. The van der Waals surface area contributed by atoms with Gasteiger partial charge in [-0.15, -0.1) is 0 Å². The van der Waals surface area contributed by atoms with Crippen LogP contribution in [0.4, 0.5) is 5.69 Å². The van der Waals surface area contributed by atoms with Crippen molar-refractivity contribution in [3.8, 4) is 11.3 Å². The number of imidazole rings is 1. The molecule has 0 aliphatic heterocycles. The van der Waals surface area contributed by atoms with Gasteiger partial charge in [0, 0.05) is 29.0 Å². The third-order valence-corrected chi connectivity index (χ3v) is 9.33. The van der Waals surface area contributed by atoms with Gasteiger partial charge in [-0.1, -0.05) is 79.0 Å². The van der Waals surface area contributed by atoms with E-state index in [-0.39, 0.29) is 4.90 Å². The smallest absolute Gasteiger partial charge is 0.337 e. The molecule has 0 aliphatic rings. The highest BCUT2D eigenvalue weighted by Crippen LogP contribution is 2.30. The largest absolute Gasteiger partial charge is 0.465 e. The average Bonchev–Trinajstić information content (AvgIpc) is 3.45. The average molecular weight is 675 g/mol. The van der Waals surface area contributed by atoms with E-state index in [9.17, 15) is 13.2 Å². The number of hydrogen-bond donors (Lipinski definition) is 1. The highest BCUT2D eigenvalue weighted by molar-refractivity contribution is 7.92. The number of nitrogens with one attached hydrogen (secondary N) is 1. The van der Waals surface area contributed by atoms with Crippen LogP contribution in [0.25, 0.3) is 23.4 Å². The summed E-state index contributed by atoms with van der Waals surface area (Å²) in [6.45, 7) is 2.62. The predicted octanol–water partition coefficient (Wildman–Crippen LogP) is 9.01. The van der Waals surface area contributed by atoms with Crippen molar-refractivity contribution >= 4 is 57.0 Å². The van der Waals surface area contributed by atoms with Crippen molar-refractivity contribution in [2.24, 2.45) is 0 Å². The van der Waals surface area contributed by atoms with E-state index in [4.69, 9.17) is 32.9 Å². The maximum absolute atomic E-state index is 13.0. The molecular formula is C36H33Cl2N3O4S. The van der Waals surface area contributed by atoms with Crippen molar-refractivity contribution in [1.29, 1.82) is 0 Å². The molecule has 5 rings (SSSR count). The van der Waals surface area contributed by atoms with Crippen LogP contribution in [0.2, 0.25) is 10.0 Å². The van der Waals surface area contributed by atoms with Gasteiger partial charge in [0.15, 0.2) is 0 Å². The number of ether oxygens (including phenoxy) is 1. The number of esters is 1. The molecule has 4 aromatic carbocycles. The number of benzene rings is 4. The van der Waals surface area contributed by atoms with Gasteiger partial charge in [0.25, 0.3) is 10.0 Å². The first kappa shape index (κ1) is 33.0. The Morgan fingerprint density at radius 3 is 2.26 bits per heavy atom. The Morgan fingerprint density at radius 1 is 0.913 bits per heavy atom. The molecule has 10 heteroatoms. The molecule has 0 radical (unpaired) electrons. The molecule has 1 N–H and O–H groups in total. The van der Waals surface area contributed by atoms with E-state index in [0.717, 1.165) is 41.5 Å². The highest BCUT2D eigenvalue weighted by atomic mass is 35.5. The van der Waals surface area contributed by atoms with Crippen LogP contribution in [0.3, 0.4) is 0 Å².